The van der Waals surface area contributed by atoms with Gasteiger partial charge < -0.3 is 9.32 Å². The van der Waals surface area contributed by atoms with Gasteiger partial charge in [0.05, 0.1) is 17.6 Å². The lowest BCUT2D eigenvalue weighted by Gasteiger charge is -2.27. The molecule has 0 aliphatic carbocycles. The highest BCUT2D eigenvalue weighted by molar-refractivity contribution is 5.79. The zero-order valence-electron chi connectivity index (χ0n) is 16.8. The van der Waals surface area contributed by atoms with Gasteiger partial charge in [-0.05, 0) is 31.1 Å². The molecule has 0 bridgehead atoms. The molecule has 2 aromatic heterocycles. The van der Waals surface area contributed by atoms with Crippen molar-refractivity contribution in [1.29, 1.82) is 0 Å². The molecule has 1 aromatic carbocycles. The van der Waals surface area contributed by atoms with E-state index in [1.165, 1.54) is 0 Å². The van der Waals surface area contributed by atoms with Crippen molar-refractivity contribution in [3.8, 4) is 23.0 Å². The van der Waals surface area contributed by atoms with Crippen LogP contribution in [-0.2, 0) is 4.79 Å². The summed E-state index contributed by atoms with van der Waals surface area (Å²) < 4.78 is 5.86. The first-order valence-corrected chi connectivity index (χ1v) is 9.74. The van der Waals surface area contributed by atoms with E-state index in [9.17, 15) is 4.79 Å². The average Bonchev–Trinajstić information content (AvgIpc) is 3.24. The molecule has 0 radical (unpaired) electrons. The molecule has 0 saturated heterocycles. The summed E-state index contributed by atoms with van der Waals surface area (Å²) in [5.41, 5.74) is 4.03. The first kappa shape index (κ1) is 19.0. The van der Waals surface area contributed by atoms with Crippen molar-refractivity contribution >= 4 is 11.5 Å². The monoisotopic (exact) mass is 389 g/mol. The van der Waals surface area contributed by atoms with E-state index >= 15 is 0 Å². The molecule has 0 saturated carbocycles. The molecule has 3 heterocycles. The number of carbonyl (C=O) groups is 1. The fourth-order valence-electron chi connectivity index (χ4n) is 3.29. The van der Waals surface area contributed by atoms with E-state index in [0.29, 0.717) is 30.6 Å². The van der Waals surface area contributed by atoms with Crippen LogP contribution in [0.15, 0.2) is 47.0 Å². The fraction of sp³-hybridized carbons (Fsp3) is 0.318. The molecule has 148 valence electrons. The van der Waals surface area contributed by atoms with Crippen LogP contribution in [0.5, 0.6) is 0 Å². The first-order chi connectivity index (χ1) is 14.0. The van der Waals surface area contributed by atoms with E-state index in [-0.39, 0.29) is 11.8 Å². The number of benzene rings is 1. The number of hydrogen-bond acceptors (Lipinski definition) is 6. The SMILES string of the molecule is Cc1ncc(C2=CCN(C(=O)C(C)C)CC2)nc1-c1nnc(-c2ccccc2)o1. The predicted molar refractivity (Wildman–Crippen MR) is 110 cm³/mol. The standard InChI is InChI=1S/C22H23N5O2/c1-14(2)22(28)27-11-9-16(10-12-27)18-13-23-15(3)19(24-18)21-26-25-20(29-21)17-7-5-4-6-8-17/h4-9,13-14H,10-12H2,1-3H3. The van der Waals surface area contributed by atoms with Crippen molar-refractivity contribution in [2.45, 2.75) is 27.2 Å². The van der Waals surface area contributed by atoms with Crippen molar-refractivity contribution in [3.63, 3.8) is 0 Å². The summed E-state index contributed by atoms with van der Waals surface area (Å²) >= 11 is 0. The summed E-state index contributed by atoms with van der Waals surface area (Å²) in [6.45, 7) is 7.00. The second-order valence-electron chi connectivity index (χ2n) is 7.39. The minimum atomic E-state index is 0.00653. The highest BCUT2D eigenvalue weighted by atomic mass is 16.4. The molecule has 3 aromatic rings. The van der Waals surface area contributed by atoms with Crippen molar-refractivity contribution < 1.29 is 9.21 Å². The van der Waals surface area contributed by atoms with Crippen LogP contribution in [0.4, 0.5) is 0 Å². The van der Waals surface area contributed by atoms with Crippen LogP contribution in [0.1, 0.15) is 31.7 Å². The molecule has 4 rings (SSSR count). The van der Waals surface area contributed by atoms with E-state index in [2.05, 4.69) is 21.3 Å². The molecular weight excluding hydrogens is 366 g/mol. The summed E-state index contributed by atoms with van der Waals surface area (Å²) in [7, 11) is 0. The molecule has 0 fully saturated rings. The van der Waals surface area contributed by atoms with Gasteiger partial charge in [-0.1, -0.05) is 38.1 Å². The number of amides is 1. The highest BCUT2D eigenvalue weighted by Gasteiger charge is 2.22. The number of aromatic nitrogens is 4. The first-order valence-electron chi connectivity index (χ1n) is 9.74. The summed E-state index contributed by atoms with van der Waals surface area (Å²) in [5, 5.41) is 8.32. The Labute approximate surface area is 169 Å². The molecule has 0 atom stereocenters. The maximum absolute atomic E-state index is 12.2. The van der Waals surface area contributed by atoms with E-state index in [1.54, 1.807) is 6.20 Å². The summed E-state index contributed by atoms with van der Waals surface area (Å²) in [5.74, 6) is 0.984. The van der Waals surface area contributed by atoms with Gasteiger partial charge in [0.2, 0.25) is 11.8 Å². The molecule has 29 heavy (non-hydrogen) atoms. The topological polar surface area (TPSA) is 85.0 Å². The van der Waals surface area contributed by atoms with Gasteiger partial charge in [0.15, 0.2) is 0 Å². The van der Waals surface area contributed by atoms with E-state index in [4.69, 9.17) is 9.40 Å². The molecule has 0 N–H and O–H groups in total. The number of carbonyl (C=O) groups excluding carboxylic acids is 1. The van der Waals surface area contributed by atoms with Crippen LogP contribution >= 0.6 is 0 Å². The van der Waals surface area contributed by atoms with Crippen LogP contribution in [0.2, 0.25) is 0 Å². The van der Waals surface area contributed by atoms with Crippen LogP contribution in [0, 0.1) is 12.8 Å². The van der Waals surface area contributed by atoms with Crippen LogP contribution in [0.25, 0.3) is 28.6 Å². The third-order valence-electron chi connectivity index (χ3n) is 4.95. The zero-order valence-corrected chi connectivity index (χ0v) is 16.8. The summed E-state index contributed by atoms with van der Waals surface area (Å²) in [4.78, 5) is 23.3. The molecule has 7 heteroatoms. The van der Waals surface area contributed by atoms with Gasteiger partial charge in [0, 0.05) is 24.6 Å². The van der Waals surface area contributed by atoms with Gasteiger partial charge in [-0.25, -0.2) is 4.98 Å². The fourth-order valence-corrected chi connectivity index (χ4v) is 3.29. The third-order valence-corrected chi connectivity index (χ3v) is 4.95. The van der Waals surface area contributed by atoms with Crippen molar-refractivity contribution in [2.75, 3.05) is 13.1 Å². The number of aryl methyl sites for hydroxylation is 1. The van der Waals surface area contributed by atoms with Crippen LogP contribution in [0.3, 0.4) is 0 Å². The Bertz CT molecular complexity index is 1060. The second-order valence-corrected chi connectivity index (χ2v) is 7.39. The van der Waals surface area contributed by atoms with Gasteiger partial charge in [-0.15, -0.1) is 10.2 Å². The Balaban J connectivity index is 1.59. The summed E-state index contributed by atoms with van der Waals surface area (Å²) in [6.07, 6.45) is 4.56. The van der Waals surface area contributed by atoms with E-state index in [0.717, 1.165) is 28.9 Å². The summed E-state index contributed by atoms with van der Waals surface area (Å²) in [6, 6.07) is 9.63. The molecule has 0 unspecified atom stereocenters. The van der Waals surface area contributed by atoms with E-state index in [1.807, 2.05) is 56.0 Å². The molecule has 7 nitrogen and oxygen atoms in total. The van der Waals surface area contributed by atoms with Crippen LogP contribution in [-0.4, -0.2) is 44.1 Å². The largest absolute Gasteiger partial charge is 0.415 e. The molecule has 1 amide bonds. The van der Waals surface area contributed by atoms with Gasteiger partial charge in [0.1, 0.15) is 5.69 Å². The van der Waals surface area contributed by atoms with Crippen molar-refractivity contribution in [1.82, 2.24) is 25.1 Å². The second kappa shape index (κ2) is 7.95. The average molecular weight is 389 g/mol. The van der Waals surface area contributed by atoms with Gasteiger partial charge in [0.25, 0.3) is 5.89 Å². The predicted octanol–water partition coefficient (Wildman–Crippen LogP) is 3.77. The van der Waals surface area contributed by atoms with E-state index < -0.39 is 0 Å². The van der Waals surface area contributed by atoms with Gasteiger partial charge in [-0.3, -0.25) is 9.78 Å². The Hall–Kier alpha value is -3.35. The van der Waals surface area contributed by atoms with Crippen molar-refractivity contribution in [2.24, 2.45) is 5.92 Å². The highest BCUT2D eigenvalue weighted by Crippen LogP contribution is 2.27. The lowest BCUT2D eigenvalue weighted by Crippen LogP contribution is -2.37. The Morgan fingerprint density at radius 2 is 1.90 bits per heavy atom. The molecule has 1 aliphatic heterocycles. The molecular formula is C22H23N5O2. The Kier molecular flexibility index (Phi) is 5.20. The number of rotatable bonds is 4. The van der Waals surface area contributed by atoms with Gasteiger partial charge >= 0.3 is 0 Å². The Morgan fingerprint density at radius 3 is 2.59 bits per heavy atom. The van der Waals surface area contributed by atoms with Gasteiger partial charge in [-0.2, -0.15) is 0 Å². The number of nitrogens with zero attached hydrogens (tertiary/aromatic N) is 5. The quantitative estimate of drug-likeness (QED) is 0.675. The minimum Gasteiger partial charge on any atom is -0.415 e. The normalized spacial score (nSPS) is 14.2. The smallest absolute Gasteiger partial charge is 0.268 e. The lowest BCUT2D eigenvalue weighted by atomic mass is 10.0. The lowest BCUT2D eigenvalue weighted by molar-refractivity contribution is -0.134. The minimum absolute atomic E-state index is 0.00653. The van der Waals surface area contributed by atoms with Crippen molar-refractivity contribution in [3.05, 3.63) is 54.0 Å². The third kappa shape index (κ3) is 3.94. The maximum atomic E-state index is 12.2. The molecule has 0 spiro atoms. The Morgan fingerprint density at radius 1 is 1.14 bits per heavy atom. The maximum Gasteiger partial charge on any atom is 0.268 e. The number of hydrogen-bond donors (Lipinski definition) is 0. The van der Waals surface area contributed by atoms with Crippen LogP contribution < -0.4 is 0 Å². The zero-order chi connectivity index (χ0) is 20.4. The molecule has 1 aliphatic rings.